The van der Waals surface area contributed by atoms with Crippen LogP contribution in [0.25, 0.3) is 0 Å². The van der Waals surface area contributed by atoms with E-state index in [0.717, 1.165) is 63.6 Å². The maximum absolute atomic E-state index is 12.4. The minimum Gasteiger partial charge on any atom is -0.481 e. The molecule has 2 atom stereocenters. The van der Waals surface area contributed by atoms with E-state index in [0.29, 0.717) is 12.5 Å². The first-order valence-electron chi connectivity index (χ1n) is 10.2. The van der Waals surface area contributed by atoms with E-state index < -0.39 is 11.9 Å². The van der Waals surface area contributed by atoms with Crippen molar-refractivity contribution in [3.05, 3.63) is 11.4 Å². The molecule has 0 bridgehead atoms. The molecule has 0 radical (unpaired) electrons. The third-order valence-electron chi connectivity index (χ3n) is 5.38. The molecule has 3 heterocycles. The smallest absolute Gasteiger partial charge is 0.300 e. The Morgan fingerprint density at radius 2 is 1.81 bits per heavy atom. The molecule has 0 saturated carbocycles. The van der Waals surface area contributed by atoms with Crippen molar-refractivity contribution in [1.29, 1.82) is 0 Å². The molecule has 1 amide bonds. The summed E-state index contributed by atoms with van der Waals surface area (Å²) in [4.78, 5) is 32.6. The lowest BCUT2D eigenvalue weighted by Gasteiger charge is -2.25. The van der Waals surface area contributed by atoms with Crippen LogP contribution in [0.4, 0.5) is 5.69 Å². The highest BCUT2D eigenvalue weighted by molar-refractivity contribution is 5.93. The predicted molar refractivity (Wildman–Crippen MR) is 115 cm³/mol. The zero-order chi connectivity index (χ0) is 23.8. The molecule has 5 N–H and O–H groups in total. The van der Waals surface area contributed by atoms with Gasteiger partial charge in [-0.3, -0.25) is 24.0 Å². The second-order valence-electron chi connectivity index (χ2n) is 7.97. The van der Waals surface area contributed by atoms with Crippen molar-refractivity contribution >= 4 is 23.5 Å². The molecule has 0 aromatic carbocycles. The maximum atomic E-state index is 12.4. The Morgan fingerprint density at radius 1 is 1.23 bits per heavy atom. The van der Waals surface area contributed by atoms with Crippen molar-refractivity contribution in [3.63, 3.8) is 0 Å². The highest BCUT2D eigenvalue weighted by Crippen LogP contribution is 2.38. The number of aliphatic carboxylic acids is 2. The van der Waals surface area contributed by atoms with Crippen LogP contribution in [0.5, 0.6) is 0 Å². The van der Waals surface area contributed by atoms with Gasteiger partial charge in [-0.2, -0.15) is 5.10 Å². The topological polar surface area (TPSA) is 157 Å². The third-order valence-corrected chi connectivity index (χ3v) is 5.38. The van der Waals surface area contributed by atoms with E-state index in [1.807, 2.05) is 25.5 Å². The van der Waals surface area contributed by atoms with Gasteiger partial charge in [0.15, 0.2) is 0 Å². The number of carbonyl (C=O) groups excluding carboxylic acids is 1. The number of carboxylic acids is 2. The molecule has 31 heavy (non-hydrogen) atoms. The number of likely N-dealkylation sites (tertiary alicyclic amines) is 1. The van der Waals surface area contributed by atoms with Gasteiger partial charge >= 0.3 is 0 Å². The van der Waals surface area contributed by atoms with Crippen LogP contribution in [0.3, 0.4) is 0 Å². The Morgan fingerprint density at radius 3 is 2.26 bits per heavy atom. The molecule has 0 aliphatic carbocycles. The number of rotatable bonds is 5. The van der Waals surface area contributed by atoms with E-state index in [-0.39, 0.29) is 17.9 Å². The summed E-state index contributed by atoms with van der Waals surface area (Å²) >= 11 is 0. The second kappa shape index (κ2) is 11.8. The van der Waals surface area contributed by atoms with Crippen molar-refractivity contribution in [1.82, 2.24) is 20.0 Å². The van der Waals surface area contributed by atoms with Crippen LogP contribution < -0.4 is 10.6 Å². The fourth-order valence-corrected chi connectivity index (χ4v) is 4.04. The average molecular weight is 442 g/mol. The van der Waals surface area contributed by atoms with Crippen LogP contribution >= 0.6 is 0 Å². The van der Waals surface area contributed by atoms with E-state index in [9.17, 15) is 9.90 Å². The zero-order valence-electron chi connectivity index (χ0n) is 18.9. The van der Waals surface area contributed by atoms with Gasteiger partial charge in [0, 0.05) is 45.4 Å². The van der Waals surface area contributed by atoms with Crippen molar-refractivity contribution in [2.24, 2.45) is 11.3 Å². The Labute approximate surface area is 182 Å². The molecule has 2 aliphatic heterocycles. The quantitative estimate of drug-likeness (QED) is 0.429. The summed E-state index contributed by atoms with van der Waals surface area (Å²) in [5.41, 5.74) is 2.61. The predicted octanol–water partition coefficient (Wildman–Crippen LogP) is 0.154. The van der Waals surface area contributed by atoms with Crippen LogP contribution in [0.15, 0.2) is 0 Å². The monoisotopic (exact) mass is 441 g/mol. The van der Waals surface area contributed by atoms with E-state index in [2.05, 4.69) is 20.6 Å². The number of aliphatic hydroxyl groups excluding tert-OH is 1. The summed E-state index contributed by atoms with van der Waals surface area (Å²) in [7, 11) is 0. The number of amides is 1. The number of nitrogens with zero attached hydrogens (tertiary/aromatic N) is 3. The van der Waals surface area contributed by atoms with Crippen molar-refractivity contribution in [3.8, 4) is 0 Å². The standard InChI is InChI=1S/C16H27N5O2.2C2H4O2/c1-4-21-12(3)15(11(2)19-21)18-14(23)7-20-6-13-5-17-8-16(13,9-20)10-22;2*1-2(3)4/h13,17,22H,4-10H2,1-3H3,(H,18,23);2*1H3,(H,3,4). The summed E-state index contributed by atoms with van der Waals surface area (Å²) in [6.07, 6.45) is 0. The van der Waals surface area contributed by atoms with E-state index >= 15 is 0 Å². The number of nitrogens with one attached hydrogen (secondary N) is 2. The number of hydrogen-bond acceptors (Lipinski definition) is 7. The third kappa shape index (κ3) is 7.60. The van der Waals surface area contributed by atoms with Crippen molar-refractivity contribution in [2.45, 2.75) is 41.2 Å². The minimum atomic E-state index is -0.833. The van der Waals surface area contributed by atoms with Gasteiger partial charge in [0.2, 0.25) is 5.91 Å². The first-order chi connectivity index (χ1) is 14.5. The number of aliphatic hydroxyl groups is 1. The van der Waals surface area contributed by atoms with Gasteiger partial charge in [-0.1, -0.05) is 0 Å². The highest BCUT2D eigenvalue weighted by Gasteiger charge is 2.49. The maximum Gasteiger partial charge on any atom is 0.300 e. The Balaban J connectivity index is 0.000000519. The minimum absolute atomic E-state index is 0.00660. The number of aromatic nitrogens is 2. The van der Waals surface area contributed by atoms with Gasteiger partial charge in [-0.05, 0) is 33.2 Å². The number of aryl methyl sites for hydroxylation is 2. The van der Waals surface area contributed by atoms with Crippen LogP contribution in [0.2, 0.25) is 0 Å². The molecular formula is C20H35N5O6. The molecule has 2 saturated heterocycles. The van der Waals surface area contributed by atoms with Crippen LogP contribution in [0, 0.1) is 25.2 Å². The fourth-order valence-electron chi connectivity index (χ4n) is 4.04. The molecule has 176 valence electrons. The van der Waals surface area contributed by atoms with Gasteiger partial charge in [-0.15, -0.1) is 0 Å². The summed E-state index contributed by atoms with van der Waals surface area (Å²) in [5, 5.41) is 35.4. The number of anilines is 1. The SMILES string of the molecule is CC(=O)O.CC(=O)O.CCn1nc(C)c(NC(=O)CN2CC3CNCC3(CO)C2)c1C. The summed E-state index contributed by atoms with van der Waals surface area (Å²) in [6.45, 7) is 12.9. The van der Waals surface area contributed by atoms with E-state index in [1.54, 1.807) is 0 Å². The van der Waals surface area contributed by atoms with Gasteiger partial charge < -0.3 is 26.0 Å². The van der Waals surface area contributed by atoms with Gasteiger partial charge in [-0.25, -0.2) is 0 Å². The number of carbonyl (C=O) groups is 3. The molecule has 11 heteroatoms. The zero-order valence-corrected chi connectivity index (χ0v) is 18.9. The van der Waals surface area contributed by atoms with E-state index in [1.165, 1.54) is 0 Å². The highest BCUT2D eigenvalue weighted by atomic mass is 16.4. The van der Waals surface area contributed by atoms with Gasteiger partial charge in [0.25, 0.3) is 11.9 Å². The molecule has 2 fully saturated rings. The van der Waals surface area contributed by atoms with Gasteiger partial charge in [0.05, 0.1) is 30.2 Å². The Bertz CT molecular complexity index is 760. The average Bonchev–Trinajstić information content (AvgIpc) is 3.27. The fraction of sp³-hybridized carbons (Fsp3) is 0.700. The normalized spacial score (nSPS) is 21.9. The van der Waals surface area contributed by atoms with Crippen LogP contribution in [0.1, 0.15) is 32.2 Å². The molecule has 1 aromatic heterocycles. The first kappa shape index (κ1) is 26.5. The first-order valence-corrected chi connectivity index (χ1v) is 10.2. The molecule has 2 unspecified atom stereocenters. The summed E-state index contributed by atoms with van der Waals surface area (Å²) in [6, 6.07) is 0. The number of hydrogen-bond donors (Lipinski definition) is 5. The van der Waals surface area contributed by atoms with Crippen molar-refractivity contribution < 1.29 is 29.7 Å². The Hall–Kier alpha value is -2.50. The van der Waals surface area contributed by atoms with E-state index in [4.69, 9.17) is 19.8 Å². The van der Waals surface area contributed by atoms with Crippen LogP contribution in [-0.2, 0) is 20.9 Å². The van der Waals surface area contributed by atoms with Crippen LogP contribution in [-0.4, -0.2) is 87.2 Å². The summed E-state index contributed by atoms with van der Waals surface area (Å²) in [5.74, 6) is -1.24. The summed E-state index contributed by atoms with van der Waals surface area (Å²) < 4.78 is 1.90. The number of fused-ring (bicyclic) bond motifs is 1. The second-order valence-corrected chi connectivity index (χ2v) is 7.97. The molecule has 0 spiro atoms. The largest absolute Gasteiger partial charge is 0.481 e. The Kier molecular flexibility index (Phi) is 10.1. The lowest BCUT2D eigenvalue weighted by Crippen LogP contribution is -2.38. The molecular weight excluding hydrogens is 406 g/mol. The van der Waals surface area contributed by atoms with Gasteiger partial charge in [0.1, 0.15) is 0 Å². The molecule has 1 aromatic rings. The lowest BCUT2D eigenvalue weighted by atomic mass is 9.82. The molecule has 11 nitrogen and oxygen atoms in total. The number of carboxylic acid groups (broad SMARTS) is 2. The lowest BCUT2D eigenvalue weighted by molar-refractivity contribution is -0.135. The molecule has 3 rings (SSSR count). The van der Waals surface area contributed by atoms with Crippen molar-refractivity contribution in [2.75, 3.05) is 44.6 Å². The molecule has 2 aliphatic rings.